The van der Waals surface area contributed by atoms with Crippen LogP contribution in [0.2, 0.25) is 0 Å². The molecule has 4 rings (SSSR count). The molecule has 0 bridgehead atoms. The van der Waals surface area contributed by atoms with Gasteiger partial charge in [-0.05, 0) is 71.8 Å². The molecule has 1 aliphatic carbocycles. The lowest BCUT2D eigenvalue weighted by Crippen LogP contribution is -2.36. The predicted octanol–water partition coefficient (Wildman–Crippen LogP) is 3.92. The standard InChI is InChI=1S/C26H34FN4OP/c1-3-16-8-9-18-6-5-7-23(21(18)12-16)28-15-24(32)22(26-29-25(4-2)30-31-26)13-17-10-19(27)14-20(33)11-17/h8-12,14,22-24,28,32H,3-7,13,15,33H2,1-2H3,(H,29,30,31). The first-order valence-corrected chi connectivity index (χ1v) is 12.5. The molecule has 4 unspecified atom stereocenters. The van der Waals surface area contributed by atoms with Crippen LogP contribution >= 0.6 is 9.24 Å². The summed E-state index contributed by atoms with van der Waals surface area (Å²) >= 11 is 0. The molecule has 0 spiro atoms. The highest BCUT2D eigenvalue weighted by molar-refractivity contribution is 7.27. The summed E-state index contributed by atoms with van der Waals surface area (Å²) in [5.41, 5.74) is 4.92. The van der Waals surface area contributed by atoms with Crippen LogP contribution in [0.15, 0.2) is 36.4 Å². The van der Waals surface area contributed by atoms with Gasteiger partial charge in [0.15, 0.2) is 5.82 Å². The number of aliphatic hydroxyl groups is 1. The predicted molar refractivity (Wildman–Crippen MR) is 133 cm³/mol. The molecule has 0 fully saturated rings. The summed E-state index contributed by atoms with van der Waals surface area (Å²) in [4.78, 5) is 4.59. The van der Waals surface area contributed by atoms with Crippen molar-refractivity contribution in [3.63, 3.8) is 0 Å². The number of rotatable bonds is 9. The molecule has 0 aliphatic heterocycles. The minimum atomic E-state index is -0.707. The zero-order chi connectivity index (χ0) is 23.4. The highest BCUT2D eigenvalue weighted by Crippen LogP contribution is 2.31. The third-order valence-electron chi connectivity index (χ3n) is 6.62. The third kappa shape index (κ3) is 5.87. The molecular weight excluding hydrogens is 434 g/mol. The fourth-order valence-corrected chi connectivity index (χ4v) is 5.14. The molecule has 0 saturated carbocycles. The van der Waals surface area contributed by atoms with Gasteiger partial charge in [-0.15, -0.1) is 9.24 Å². The fourth-order valence-electron chi connectivity index (χ4n) is 4.77. The van der Waals surface area contributed by atoms with E-state index in [1.165, 1.54) is 28.8 Å². The number of nitrogens with one attached hydrogen (secondary N) is 2. The molecule has 176 valence electrons. The second-order valence-electron chi connectivity index (χ2n) is 9.00. The second-order valence-corrected chi connectivity index (χ2v) is 9.67. The van der Waals surface area contributed by atoms with Crippen molar-refractivity contribution < 1.29 is 9.50 Å². The number of H-pyrrole nitrogens is 1. The van der Waals surface area contributed by atoms with Crippen molar-refractivity contribution in [1.29, 1.82) is 0 Å². The number of fused-ring (bicyclic) bond motifs is 1. The normalized spacial score (nSPS) is 17.5. The summed E-state index contributed by atoms with van der Waals surface area (Å²) in [6.07, 6.45) is 4.81. The molecule has 1 aromatic heterocycles. The van der Waals surface area contributed by atoms with E-state index in [1.807, 2.05) is 13.0 Å². The third-order valence-corrected chi connectivity index (χ3v) is 6.96. The average Bonchev–Trinajstić information content (AvgIpc) is 3.29. The van der Waals surface area contributed by atoms with E-state index in [-0.39, 0.29) is 17.8 Å². The monoisotopic (exact) mass is 468 g/mol. The van der Waals surface area contributed by atoms with Gasteiger partial charge in [0.1, 0.15) is 11.6 Å². The van der Waals surface area contributed by atoms with Crippen LogP contribution in [-0.4, -0.2) is 32.9 Å². The average molecular weight is 469 g/mol. The quantitative estimate of drug-likeness (QED) is 0.416. The largest absolute Gasteiger partial charge is 0.391 e. The van der Waals surface area contributed by atoms with Crippen LogP contribution in [0, 0.1) is 5.82 Å². The molecule has 3 aromatic rings. The Labute approximate surface area is 197 Å². The number of halogens is 1. The smallest absolute Gasteiger partial charge is 0.156 e. The maximum absolute atomic E-state index is 14.0. The van der Waals surface area contributed by atoms with Gasteiger partial charge in [0.05, 0.1) is 12.0 Å². The topological polar surface area (TPSA) is 73.8 Å². The summed E-state index contributed by atoms with van der Waals surface area (Å²) < 4.78 is 14.0. The lowest BCUT2D eigenvalue weighted by Gasteiger charge is -2.29. The minimum absolute atomic E-state index is 0.224. The summed E-state index contributed by atoms with van der Waals surface area (Å²) in [5, 5.41) is 23.0. The summed E-state index contributed by atoms with van der Waals surface area (Å²) in [6.45, 7) is 4.61. The van der Waals surface area contributed by atoms with Gasteiger partial charge < -0.3 is 10.4 Å². The maximum Gasteiger partial charge on any atom is 0.156 e. The van der Waals surface area contributed by atoms with Crippen LogP contribution in [0.4, 0.5) is 4.39 Å². The van der Waals surface area contributed by atoms with Crippen LogP contribution in [-0.2, 0) is 25.7 Å². The fraction of sp³-hybridized carbons (Fsp3) is 0.462. The van der Waals surface area contributed by atoms with E-state index in [0.717, 1.165) is 48.8 Å². The van der Waals surface area contributed by atoms with Crippen molar-refractivity contribution in [2.24, 2.45) is 0 Å². The van der Waals surface area contributed by atoms with Gasteiger partial charge in [0.2, 0.25) is 0 Å². The van der Waals surface area contributed by atoms with E-state index >= 15 is 0 Å². The number of aromatic amines is 1. The summed E-state index contributed by atoms with van der Waals surface area (Å²) in [6, 6.07) is 11.9. The van der Waals surface area contributed by atoms with Crippen LogP contribution in [0.25, 0.3) is 0 Å². The van der Waals surface area contributed by atoms with Crippen molar-refractivity contribution in [2.75, 3.05) is 6.54 Å². The number of hydrogen-bond acceptors (Lipinski definition) is 4. The molecule has 5 nitrogen and oxygen atoms in total. The lowest BCUT2D eigenvalue weighted by molar-refractivity contribution is 0.131. The van der Waals surface area contributed by atoms with E-state index in [9.17, 15) is 9.50 Å². The summed E-state index contributed by atoms with van der Waals surface area (Å²) in [7, 11) is 2.54. The van der Waals surface area contributed by atoms with Crippen LogP contribution in [0.1, 0.15) is 72.6 Å². The Kier molecular flexibility index (Phi) is 7.90. The van der Waals surface area contributed by atoms with E-state index in [2.05, 4.69) is 54.9 Å². The van der Waals surface area contributed by atoms with Gasteiger partial charge in [0.25, 0.3) is 0 Å². The van der Waals surface area contributed by atoms with E-state index in [1.54, 1.807) is 0 Å². The Balaban J connectivity index is 1.53. The highest BCUT2D eigenvalue weighted by Gasteiger charge is 2.28. The molecule has 4 atom stereocenters. The van der Waals surface area contributed by atoms with Gasteiger partial charge in [-0.3, -0.25) is 5.10 Å². The zero-order valence-corrected chi connectivity index (χ0v) is 20.6. The highest BCUT2D eigenvalue weighted by atomic mass is 31.0. The van der Waals surface area contributed by atoms with Gasteiger partial charge in [-0.2, -0.15) is 5.10 Å². The van der Waals surface area contributed by atoms with E-state index < -0.39 is 6.10 Å². The number of aromatic nitrogens is 3. The number of aliphatic hydroxyl groups excluding tert-OH is 1. The first-order valence-electron chi connectivity index (χ1n) is 12.0. The molecule has 0 amide bonds. The van der Waals surface area contributed by atoms with Crippen LogP contribution in [0.3, 0.4) is 0 Å². The molecule has 1 heterocycles. The summed E-state index contributed by atoms with van der Waals surface area (Å²) in [5.74, 6) is 0.742. The van der Waals surface area contributed by atoms with E-state index in [4.69, 9.17) is 0 Å². The molecule has 0 radical (unpaired) electrons. The molecule has 3 N–H and O–H groups in total. The number of nitrogens with zero attached hydrogens (tertiary/aromatic N) is 2. The first kappa shape index (κ1) is 24.0. The Bertz CT molecular complexity index is 1070. The van der Waals surface area contributed by atoms with Crippen molar-refractivity contribution in [3.05, 3.63) is 76.1 Å². The van der Waals surface area contributed by atoms with Crippen molar-refractivity contribution >= 4 is 14.5 Å². The van der Waals surface area contributed by atoms with E-state index in [0.29, 0.717) is 18.8 Å². The molecule has 33 heavy (non-hydrogen) atoms. The molecule has 0 saturated heterocycles. The number of benzene rings is 2. The van der Waals surface area contributed by atoms with Crippen molar-refractivity contribution in [2.45, 2.75) is 70.4 Å². The SMILES string of the molecule is CCc1ccc2c(c1)C(NCC(O)C(Cc1cc(F)cc(P)c1)c1n[nH]c(CC)n1)CCC2. The van der Waals surface area contributed by atoms with Crippen LogP contribution < -0.4 is 10.6 Å². The Morgan fingerprint density at radius 3 is 2.76 bits per heavy atom. The molecule has 7 heteroatoms. The Hall–Kier alpha value is -2.14. The van der Waals surface area contributed by atoms with Gasteiger partial charge in [-0.25, -0.2) is 9.37 Å². The van der Waals surface area contributed by atoms with Gasteiger partial charge >= 0.3 is 0 Å². The zero-order valence-electron chi connectivity index (χ0n) is 19.4. The van der Waals surface area contributed by atoms with Gasteiger partial charge in [-0.1, -0.05) is 38.1 Å². The molecular formula is C26H34FN4OP. The van der Waals surface area contributed by atoms with Crippen LogP contribution in [0.5, 0.6) is 0 Å². The minimum Gasteiger partial charge on any atom is -0.391 e. The molecule has 2 aromatic carbocycles. The lowest BCUT2D eigenvalue weighted by atomic mass is 9.85. The number of hydrogen-bond donors (Lipinski definition) is 3. The molecule has 1 aliphatic rings. The Morgan fingerprint density at radius 1 is 1.18 bits per heavy atom. The van der Waals surface area contributed by atoms with Crippen molar-refractivity contribution in [1.82, 2.24) is 20.5 Å². The second kappa shape index (κ2) is 10.9. The first-order chi connectivity index (χ1) is 16.0. The maximum atomic E-state index is 14.0. The number of aryl methyl sites for hydroxylation is 3. The van der Waals surface area contributed by atoms with Gasteiger partial charge in [0, 0.05) is 19.0 Å². The van der Waals surface area contributed by atoms with Crippen molar-refractivity contribution in [3.8, 4) is 0 Å². The Morgan fingerprint density at radius 2 is 2.03 bits per heavy atom.